The van der Waals surface area contributed by atoms with Gasteiger partial charge < -0.3 is 5.32 Å². The van der Waals surface area contributed by atoms with Crippen LogP contribution in [0.3, 0.4) is 0 Å². The van der Waals surface area contributed by atoms with Crippen LogP contribution in [-0.4, -0.2) is 13.6 Å². The van der Waals surface area contributed by atoms with Crippen molar-refractivity contribution in [2.45, 2.75) is 48.0 Å². The zero-order valence-electron chi connectivity index (χ0n) is 9.49. The molecule has 1 heteroatoms. The first-order chi connectivity index (χ1) is 5.06. The third kappa shape index (κ3) is 685. The molecule has 0 fully saturated rings. The first-order valence-electron chi connectivity index (χ1n) is 4.71. The highest BCUT2D eigenvalue weighted by atomic mass is 14.8. The van der Waals surface area contributed by atoms with Gasteiger partial charge >= 0.3 is 0 Å². The van der Waals surface area contributed by atoms with Gasteiger partial charge in [-0.3, -0.25) is 0 Å². The summed E-state index contributed by atoms with van der Waals surface area (Å²) in [6.45, 7) is 13.9. The number of nitrogens with one attached hydrogen (secondary N) is 1. The normalized spacial score (nSPS) is 7.64. The highest BCUT2D eigenvalue weighted by Crippen LogP contribution is 1.81. The van der Waals surface area contributed by atoms with E-state index in [9.17, 15) is 0 Å². The monoisotopic (exact) mass is 161 g/mol. The zero-order chi connectivity index (χ0) is 9.70. The SMILES string of the molecule is CC(C)C.CCC.CCNC. The lowest BCUT2D eigenvalue weighted by molar-refractivity contribution is 0.737. The van der Waals surface area contributed by atoms with E-state index in [-0.39, 0.29) is 0 Å². The first-order valence-corrected chi connectivity index (χ1v) is 4.71. The van der Waals surface area contributed by atoms with Gasteiger partial charge in [-0.2, -0.15) is 0 Å². The molecule has 0 amide bonds. The van der Waals surface area contributed by atoms with Crippen LogP contribution in [0.2, 0.25) is 0 Å². The van der Waals surface area contributed by atoms with E-state index in [1.54, 1.807) is 0 Å². The Hall–Kier alpha value is -0.0400. The van der Waals surface area contributed by atoms with Gasteiger partial charge in [-0.15, -0.1) is 0 Å². The summed E-state index contributed by atoms with van der Waals surface area (Å²) in [5, 5.41) is 2.93. The van der Waals surface area contributed by atoms with Gasteiger partial charge in [-0.25, -0.2) is 0 Å². The van der Waals surface area contributed by atoms with Gasteiger partial charge in [0.2, 0.25) is 0 Å². The average Bonchev–Trinajstić information content (AvgIpc) is 1.88. The Morgan fingerprint density at radius 1 is 1.00 bits per heavy atom. The van der Waals surface area contributed by atoms with E-state index >= 15 is 0 Å². The predicted molar refractivity (Wildman–Crippen MR) is 56.1 cm³/mol. The van der Waals surface area contributed by atoms with Crippen LogP contribution < -0.4 is 5.32 Å². The van der Waals surface area contributed by atoms with Crippen LogP contribution in [0.4, 0.5) is 0 Å². The Bertz CT molecular complexity index is 29.1. The molecule has 11 heavy (non-hydrogen) atoms. The maximum Gasteiger partial charge on any atom is -0.00804 e. The molecular weight excluding hydrogens is 134 g/mol. The summed E-state index contributed by atoms with van der Waals surface area (Å²) >= 11 is 0. The minimum absolute atomic E-state index is 0.833. The lowest BCUT2D eigenvalue weighted by Crippen LogP contribution is -2.01. The fourth-order valence-corrected chi connectivity index (χ4v) is 0. The smallest absolute Gasteiger partial charge is 0.00804 e. The maximum atomic E-state index is 2.93. The molecule has 1 N–H and O–H groups in total. The predicted octanol–water partition coefficient (Wildman–Crippen LogP) is 3.30. The van der Waals surface area contributed by atoms with Crippen molar-refractivity contribution in [2.75, 3.05) is 13.6 Å². The Morgan fingerprint density at radius 2 is 1.09 bits per heavy atom. The minimum Gasteiger partial charge on any atom is -0.320 e. The minimum atomic E-state index is 0.833. The molecule has 0 spiro atoms. The van der Waals surface area contributed by atoms with Gasteiger partial charge in [-0.1, -0.05) is 48.0 Å². The molecule has 0 rings (SSSR count). The van der Waals surface area contributed by atoms with Crippen LogP contribution in [0.15, 0.2) is 0 Å². The van der Waals surface area contributed by atoms with E-state index in [2.05, 4.69) is 46.9 Å². The average molecular weight is 161 g/mol. The van der Waals surface area contributed by atoms with Crippen molar-refractivity contribution < 1.29 is 0 Å². The lowest BCUT2D eigenvalue weighted by atomic mass is 10.3. The summed E-state index contributed by atoms with van der Waals surface area (Å²) in [7, 11) is 1.93. The molecule has 0 saturated heterocycles. The lowest BCUT2D eigenvalue weighted by Gasteiger charge is -1.79. The molecule has 0 saturated carbocycles. The van der Waals surface area contributed by atoms with E-state index in [0.717, 1.165) is 12.5 Å². The van der Waals surface area contributed by atoms with Crippen molar-refractivity contribution >= 4 is 0 Å². The van der Waals surface area contributed by atoms with Gasteiger partial charge in [0.25, 0.3) is 0 Å². The molecule has 0 unspecified atom stereocenters. The van der Waals surface area contributed by atoms with E-state index in [1.807, 2.05) is 7.05 Å². The third-order valence-corrected chi connectivity index (χ3v) is 0.354. The third-order valence-electron chi connectivity index (χ3n) is 0.354. The van der Waals surface area contributed by atoms with Gasteiger partial charge in [0.15, 0.2) is 0 Å². The quantitative estimate of drug-likeness (QED) is 0.622. The molecule has 0 aliphatic carbocycles. The zero-order valence-corrected chi connectivity index (χ0v) is 9.49. The number of rotatable bonds is 1. The van der Waals surface area contributed by atoms with E-state index in [1.165, 1.54) is 6.42 Å². The Kier molecular flexibility index (Phi) is 35.1. The van der Waals surface area contributed by atoms with E-state index in [0.29, 0.717) is 0 Å². The fourth-order valence-electron chi connectivity index (χ4n) is 0. The standard InChI is InChI=1S/C4H10.C3H9N.C3H8/c1-4(2)3;1-3-4-2;1-3-2/h4H,1-3H3;4H,3H2,1-2H3;3H2,1-2H3. The van der Waals surface area contributed by atoms with Crippen molar-refractivity contribution in [1.82, 2.24) is 5.32 Å². The van der Waals surface area contributed by atoms with E-state index in [4.69, 9.17) is 0 Å². The Balaban J connectivity index is -0.0000000886. The van der Waals surface area contributed by atoms with Crippen LogP contribution >= 0.6 is 0 Å². The topological polar surface area (TPSA) is 12.0 Å². The van der Waals surface area contributed by atoms with Crippen molar-refractivity contribution in [2.24, 2.45) is 5.92 Å². The molecule has 0 aromatic heterocycles. The molecule has 0 aromatic rings. The second kappa shape index (κ2) is 22.5. The van der Waals surface area contributed by atoms with Crippen molar-refractivity contribution in [3.63, 3.8) is 0 Å². The van der Waals surface area contributed by atoms with Gasteiger partial charge in [0.05, 0.1) is 0 Å². The summed E-state index contributed by atoms with van der Waals surface area (Å²) in [6, 6.07) is 0. The molecule has 72 valence electrons. The van der Waals surface area contributed by atoms with Crippen LogP contribution in [-0.2, 0) is 0 Å². The fraction of sp³-hybridized carbons (Fsp3) is 1.00. The molecule has 0 radical (unpaired) electrons. The molecule has 0 heterocycles. The molecule has 0 aliphatic rings. The van der Waals surface area contributed by atoms with Crippen LogP contribution in [0.5, 0.6) is 0 Å². The van der Waals surface area contributed by atoms with Crippen LogP contribution in [0.25, 0.3) is 0 Å². The number of hydrogen-bond acceptors (Lipinski definition) is 1. The van der Waals surface area contributed by atoms with Crippen LogP contribution in [0.1, 0.15) is 48.0 Å². The van der Waals surface area contributed by atoms with Gasteiger partial charge in [-0.05, 0) is 19.5 Å². The van der Waals surface area contributed by atoms with E-state index < -0.39 is 0 Å². The molecule has 0 atom stereocenters. The Labute approximate surface area is 73.6 Å². The maximum absolute atomic E-state index is 2.93. The second-order valence-corrected chi connectivity index (χ2v) is 3.15. The largest absolute Gasteiger partial charge is 0.320 e. The Morgan fingerprint density at radius 3 is 1.09 bits per heavy atom. The van der Waals surface area contributed by atoms with Crippen molar-refractivity contribution in [3.8, 4) is 0 Å². The molecule has 0 bridgehead atoms. The first kappa shape index (κ1) is 17.2. The van der Waals surface area contributed by atoms with Crippen molar-refractivity contribution in [1.29, 1.82) is 0 Å². The van der Waals surface area contributed by atoms with Crippen molar-refractivity contribution in [3.05, 3.63) is 0 Å². The summed E-state index contributed by atoms with van der Waals surface area (Å²) in [6.07, 6.45) is 1.25. The summed E-state index contributed by atoms with van der Waals surface area (Å²) in [4.78, 5) is 0. The highest BCUT2D eigenvalue weighted by Gasteiger charge is 1.68. The molecule has 0 aromatic carbocycles. The summed E-state index contributed by atoms with van der Waals surface area (Å²) < 4.78 is 0. The molecule has 1 nitrogen and oxygen atoms in total. The van der Waals surface area contributed by atoms with Gasteiger partial charge in [0.1, 0.15) is 0 Å². The van der Waals surface area contributed by atoms with Gasteiger partial charge in [0, 0.05) is 0 Å². The van der Waals surface area contributed by atoms with Crippen LogP contribution in [0, 0.1) is 5.92 Å². The molecular formula is C10H27N. The number of hydrogen-bond donors (Lipinski definition) is 1. The highest BCUT2D eigenvalue weighted by molar-refractivity contribution is 4.20. The summed E-state index contributed by atoms with van der Waals surface area (Å²) in [5.74, 6) is 0.833. The molecule has 0 aliphatic heterocycles. The summed E-state index contributed by atoms with van der Waals surface area (Å²) in [5.41, 5.74) is 0. The second-order valence-electron chi connectivity index (χ2n) is 3.15.